The lowest BCUT2D eigenvalue weighted by atomic mass is 9.96. The topological polar surface area (TPSA) is 61.4 Å². The largest absolute Gasteiger partial charge is 0.316 e. The minimum absolute atomic E-state index is 0. The molecule has 7 heteroatoms. The molecule has 0 saturated carbocycles. The Labute approximate surface area is 129 Å². The number of hydrogen-bond acceptors (Lipinski definition) is 3. The first kappa shape index (κ1) is 18.2. The molecule has 0 aromatic rings. The minimum Gasteiger partial charge on any atom is -0.316 e. The van der Waals surface area contributed by atoms with Crippen molar-refractivity contribution in [3.63, 3.8) is 0 Å². The standard InChI is InChI=1S/C13H27N3O2S.ClH/c1-12-5-9-16(10-6-12)19(17,18)15-8-4-13-3-2-7-14-11-13;/h12-15H,2-11H2,1H3;1H. The third kappa shape index (κ3) is 5.48. The van der Waals surface area contributed by atoms with Crippen LogP contribution in [0.5, 0.6) is 0 Å². The minimum atomic E-state index is -3.24. The second-order valence-corrected chi connectivity index (χ2v) is 7.74. The zero-order chi connectivity index (χ0) is 13.7. The number of halogens is 1. The summed E-state index contributed by atoms with van der Waals surface area (Å²) < 4.78 is 28.6. The molecule has 120 valence electrons. The summed E-state index contributed by atoms with van der Waals surface area (Å²) in [6.45, 7) is 6.23. The van der Waals surface area contributed by atoms with Gasteiger partial charge in [0, 0.05) is 19.6 Å². The van der Waals surface area contributed by atoms with Gasteiger partial charge in [0.25, 0.3) is 10.2 Å². The number of hydrogen-bond donors (Lipinski definition) is 2. The molecular weight excluding hydrogens is 298 g/mol. The third-order valence-corrected chi connectivity index (χ3v) is 5.93. The van der Waals surface area contributed by atoms with Crippen molar-refractivity contribution in [1.82, 2.24) is 14.3 Å². The highest BCUT2D eigenvalue weighted by Gasteiger charge is 2.26. The average molecular weight is 326 g/mol. The first-order chi connectivity index (χ1) is 9.08. The molecule has 2 saturated heterocycles. The van der Waals surface area contributed by atoms with E-state index in [1.165, 1.54) is 12.8 Å². The second-order valence-electron chi connectivity index (χ2n) is 5.98. The van der Waals surface area contributed by atoms with Crippen molar-refractivity contribution in [1.29, 1.82) is 0 Å². The molecule has 2 N–H and O–H groups in total. The number of nitrogens with zero attached hydrogens (tertiary/aromatic N) is 1. The normalized spacial score (nSPS) is 26.1. The molecule has 1 atom stereocenters. The first-order valence-electron chi connectivity index (χ1n) is 7.53. The quantitative estimate of drug-likeness (QED) is 0.802. The fourth-order valence-corrected chi connectivity index (χ4v) is 4.13. The molecule has 0 bridgehead atoms. The summed E-state index contributed by atoms with van der Waals surface area (Å²) in [5, 5.41) is 3.36. The predicted molar refractivity (Wildman–Crippen MR) is 84.4 cm³/mol. The lowest BCUT2D eigenvalue weighted by Crippen LogP contribution is -2.45. The van der Waals surface area contributed by atoms with Gasteiger partial charge in [-0.3, -0.25) is 0 Å². The van der Waals surface area contributed by atoms with Gasteiger partial charge < -0.3 is 5.32 Å². The van der Waals surface area contributed by atoms with E-state index < -0.39 is 10.2 Å². The van der Waals surface area contributed by atoms with E-state index in [-0.39, 0.29) is 12.4 Å². The number of piperidine rings is 2. The Bertz CT molecular complexity index is 364. The fourth-order valence-electron chi connectivity index (χ4n) is 2.88. The Balaban J connectivity index is 0.00000200. The van der Waals surface area contributed by atoms with E-state index in [1.807, 2.05) is 0 Å². The predicted octanol–water partition coefficient (Wildman–Crippen LogP) is 1.36. The van der Waals surface area contributed by atoms with Crippen molar-refractivity contribution in [2.24, 2.45) is 11.8 Å². The zero-order valence-corrected chi connectivity index (χ0v) is 13.9. The molecule has 0 aromatic heterocycles. The highest BCUT2D eigenvalue weighted by molar-refractivity contribution is 7.87. The van der Waals surface area contributed by atoms with E-state index in [1.54, 1.807) is 4.31 Å². The Morgan fingerprint density at radius 2 is 1.95 bits per heavy atom. The SMILES string of the molecule is CC1CCN(S(=O)(=O)NCCC2CCCNC2)CC1.Cl. The molecule has 0 spiro atoms. The van der Waals surface area contributed by atoms with Crippen LogP contribution in [0.15, 0.2) is 0 Å². The Morgan fingerprint density at radius 1 is 1.25 bits per heavy atom. The van der Waals surface area contributed by atoms with E-state index >= 15 is 0 Å². The van der Waals surface area contributed by atoms with E-state index in [4.69, 9.17) is 0 Å². The Kier molecular flexibility index (Phi) is 7.75. The van der Waals surface area contributed by atoms with Gasteiger partial charge in [-0.1, -0.05) is 6.92 Å². The highest BCUT2D eigenvalue weighted by Crippen LogP contribution is 2.18. The fraction of sp³-hybridized carbons (Fsp3) is 1.00. The van der Waals surface area contributed by atoms with Crippen molar-refractivity contribution in [3.8, 4) is 0 Å². The molecule has 20 heavy (non-hydrogen) atoms. The summed E-state index contributed by atoms with van der Waals surface area (Å²) in [5.74, 6) is 1.28. The van der Waals surface area contributed by atoms with Crippen molar-refractivity contribution >= 4 is 22.6 Å². The summed E-state index contributed by atoms with van der Waals surface area (Å²) in [6.07, 6.45) is 5.33. The smallest absolute Gasteiger partial charge is 0.279 e. The van der Waals surface area contributed by atoms with Gasteiger partial charge in [-0.2, -0.15) is 12.7 Å². The van der Waals surface area contributed by atoms with Gasteiger partial charge in [0.1, 0.15) is 0 Å². The van der Waals surface area contributed by atoms with Crippen LogP contribution in [-0.2, 0) is 10.2 Å². The van der Waals surface area contributed by atoms with Crippen molar-refractivity contribution < 1.29 is 8.42 Å². The molecule has 0 radical (unpaired) electrons. The summed E-state index contributed by atoms with van der Waals surface area (Å²) in [5.41, 5.74) is 0. The lowest BCUT2D eigenvalue weighted by Gasteiger charge is -2.29. The molecule has 0 aromatic carbocycles. The van der Waals surface area contributed by atoms with Gasteiger partial charge >= 0.3 is 0 Å². The second kappa shape index (κ2) is 8.54. The van der Waals surface area contributed by atoms with Gasteiger partial charge in [0.05, 0.1) is 0 Å². The monoisotopic (exact) mass is 325 g/mol. The molecule has 5 nitrogen and oxygen atoms in total. The van der Waals surface area contributed by atoms with Crippen LogP contribution >= 0.6 is 12.4 Å². The summed E-state index contributed by atoms with van der Waals surface area (Å²) in [6, 6.07) is 0. The van der Waals surface area contributed by atoms with Gasteiger partial charge in [0.15, 0.2) is 0 Å². The molecule has 2 aliphatic heterocycles. The van der Waals surface area contributed by atoms with Gasteiger partial charge in [-0.15, -0.1) is 12.4 Å². The number of nitrogens with one attached hydrogen (secondary N) is 2. The van der Waals surface area contributed by atoms with Crippen LogP contribution in [0.3, 0.4) is 0 Å². The van der Waals surface area contributed by atoms with Crippen molar-refractivity contribution in [2.45, 2.75) is 39.0 Å². The van der Waals surface area contributed by atoms with Gasteiger partial charge in [0.2, 0.25) is 0 Å². The molecule has 0 amide bonds. The highest BCUT2D eigenvalue weighted by atomic mass is 35.5. The third-order valence-electron chi connectivity index (χ3n) is 4.32. The molecule has 2 fully saturated rings. The maximum atomic E-state index is 12.1. The molecular formula is C13H28ClN3O2S. The maximum absolute atomic E-state index is 12.1. The zero-order valence-electron chi connectivity index (χ0n) is 12.3. The van der Waals surface area contributed by atoms with Crippen LogP contribution in [-0.4, -0.2) is 45.4 Å². The van der Waals surface area contributed by atoms with Crippen LogP contribution < -0.4 is 10.0 Å². The van der Waals surface area contributed by atoms with E-state index in [2.05, 4.69) is 17.0 Å². The van der Waals surface area contributed by atoms with Crippen LogP contribution in [0, 0.1) is 11.8 Å². The van der Waals surface area contributed by atoms with Crippen LogP contribution in [0.4, 0.5) is 0 Å². The molecule has 2 heterocycles. The van der Waals surface area contributed by atoms with Gasteiger partial charge in [-0.25, -0.2) is 4.72 Å². The van der Waals surface area contributed by atoms with E-state index in [0.717, 1.165) is 32.4 Å². The lowest BCUT2D eigenvalue weighted by molar-refractivity contribution is 0.284. The van der Waals surface area contributed by atoms with E-state index in [9.17, 15) is 8.42 Å². The first-order valence-corrected chi connectivity index (χ1v) is 8.97. The molecule has 2 rings (SSSR count). The Hall–Kier alpha value is 0.120. The van der Waals surface area contributed by atoms with Crippen LogP contribution in [0.2, 0.25) is 0 Å². The van der Waals surface area contributed by atoms with Crippen molar-refractivity contribution in [3.05, 3.63) is 0 Å². The number of rotatable bonds is 5. The summed E-state index contributed by atoms with van der Waals surface area (Å²) in [7, 11) is -3.24. The molecule has 0 aliphatic carbocycles. The van der Waals surface area contributed by atoms with Gasteiger partial charge in [-0.05, 0) is 57.0 Å². The van der Waals surface area contributed by atoms with Crippen LogP contribution in [0.1, 0.15) is 39.0 Å². The Morgan fingerprint density at radius 3 is 2.55 bits per heavy atom. The van der Waals surface area contributed by atoms with Crippen LogP contribution in [0.25, 0.3) is 0 Å². The van der Waals surface area contributed by atoms with E-state index in [0.29, 0.717) is 31.5 Å². The van der Waals surface area contributed by atoms with Crippen molar-refractivity contribution in [2.75, 3.05) is 32.7 Å². The maximum Gasteiger partial charge on any atom is 0.279 e. The molecule has 2 aliphatic rings. The average Bonchev–Trinajstić information content (AvgIpc) is 2.40. The molecule has 1 unspecified atom stereocenters. The summed E-state index contributed by atoms with van der Waals surface area (Å²) in [4.78, 5) is 0. The summed E-state index contributed by atoms with van der Waals surface area (Å²) >= 11 is 0.